The number of aromatic hydroxyl groups is 1. The van der Waals surface area contributed by atoms with Crippen molar-refractivity contribution in [1.29, 1.82) is 0 Å². The fourth-order valence-electron chi connectivity index (χ4n) is 1.15. The van der Waals surface area contributed by atoms with E-state index in [0.717, 1.165) is 0 Å². The normalized spacial score (nSPS) is 10.0. The number of nitrogens with zero attached hydrogens (tertiary/aromatic N) is 1. The summed E-state index contributed by atoms with van der Waals surface area (Å²) in [5.74, 6) is 0.0816. The van der Waals surface area contributed by atoms with Gasteiger partial charge in [-0.1, -0.05) is 0 Å². The average molecular weight is 209 g/mol. The molecule has 0 unspecified atom stereocenters. The van der Waals surface area contributed by atoms with Crippen LogP contribution in [0.4, 0.5) is 0 Å². The van der Waals surface area contributed by atoms with Crippen molar-refractivity contribution in [2.24, 2.45) is 0 Å². The molecule has 0 aliphatic heterocycles. The quantitative estimate of drug-likeness (QED) is 0.808. The zero-order valence-corrected chi connectivity index (χ0v) is 8.93. The van der Waals surface area contributed by atoms with Crippen LogP contribution in [0.15, 0.2) is 24.3 Å². The smallest absolute Gasteiger partial charge is 0.253 e. The molecule has 4 heteroatoms. The number of carbonyl (C=O) groups is 1. The molecular formula is C11H15NO3. The Morgan fingerprint density at radius 3 is 2.53 bits per heavy atom. The summed E-state index contributed by atoms with van der Waals surface area (Å²) in [7, 11) is 3.31. The van der Waals surface area contributed by atoms with Gasteiger partial charge in [0.25, 0.3) is 5.91 Å². The van der Waals surface area contributed by atoms with Crippen molar-refractivity contribution < 1.29 is 14.6 Å². The van der Waals surface area contributed by atoms with Crippen LogP contribution in [0, 0.1) is 0 Å². The highest BCUT2D eigenvalue weighted by atomic mass is 16.5. The first-order valence-electron chi connectivity index (χ1n) is 4.68. The van der Waals surface area contributed by atoms with Crippen LogP contribution in [0.1, 0.15) is 10.4 Å². The van der Waals surface area contributed by atoms with Gasteiger partial charge in [-0.2, -0.15) is 0 Å². The number of phenolic OH excluding ortho intramolecular Hbond substituents is 1. The summed E-state index contributed by atoms with van der Waals surface area (Å²) in [5, 5.41) is 9.07. The Morgan fingerprint density at radius 2 is 2.00 bits per heavy atom. The van der Waals surface area contributed by atoms with E-state index in [2.05, 4.69) is 0 Å². The lowest BCUT2D eigenvalue weighted by Gasteiger charge is -2.16. The van der Waals surface area contributed by atoms with Crippen LogP contribution < -0.4 is 0 Å². The molecule has 4 nitrogen and oxygen atoms in total. The number of phenols is 1. The number of rotatable bonds is 4. The van der Waals surface area contributed by atoms with Crippen molar-refractivity contribution in [3.63, 3.8) is 0 Å². The molecule has 0 atom stereocenters. The molecule has 0 aromatic heterocycles. The lowest BCUT2D eigenvalue weighted by atomic mass is 10.2. The molecule has 0 saturated heterocycles. The van der Waals surface area contributed by atoms with Crippen LogP contribution in [0.25, 0.3) is 0 Å². The van der Waals surface area contributed by atoms with Gasteiger partial charge in [-0.25, -0.2) is 0 Å². The van der Waals surface area contributed by atoms with E-state index in [1.165, 1.54) is 12.1 Å². The predicted molar refractivity (Wildman–Crippen MR) is 56.9 cm³/mol. The van der Waals surface area contributed by atoms with Crippen LogP contribution in [-0.2, 0) is 4.74 Å². The van der Waals surface area contributed by atoms with E-state index in [0.29, 0.717) is 18.7 Å². The first kappa shape index (κ1) is 11.5. The monoisotopic (exact) mass is 209 g/mol. The fraction of sp³-hybridized carbons (Fsp3) is 0.364. The predicted octanol–water partition coefficient (Wildman–Crippen LogP) is 1.11. The molecule has 0 radical (unpaired) electrons. The molecule has 1 rings (SSSR count). The largest absolute Gasteiger partial charge is 0.508 e. The van der Waals surface area contributed by atoms with Gasteiger partial charge in [-0.15, -0.1) is 0 Å². The van der Waals surface area contributed by atoms with Crippen molar-refractivity contribution in [1.82, 2.24) is 4.90 Å². The molecule has 1 aromatic rings. The second kappa shape index (κ2) is 5.36. The van der Waals surface area contributed by atoms with Gasteiger partial charge in [-0.05, 0) is 24.3 Å². The summed E-state index contributed by atoms with van der Waals surface area (Å²) >= 11 is 0. The molecule has 0 spiro atoms. The third-order valence-corrected chi connectivity index (χ3v) is 2.09. The number of hydrogen-bond donors (Lipinski definition) is 1. The van der Waals surface area contributed by atoms with Crippen molar-refractivity contribution in [3.8, 4) is 5.75 Å². The Bertz CT molecular complexity index is 321. The number of ether oxygens (including phenoxy) is 1. The summed E-state index contributed by atoms with van der Waals surface area (Å²) in [5.41, 5.74) is 0.561. The number of amides is 1. The second-order valence-corrected chi connectivity index (χ2v) is 3.27. The number of benzene rings is 1. The number of likely N-dealkylation sites (N-methyl/N-ethyl adjacent to an activating group) is 1. The fourth-order valence-corrected chi connectivity index (χ4v) is 1.15. The molecule has 0 aliphatic carbocycles. The van der Waals surface area contributed by atoms with Crippen LogP contribution in [-0.4, -0.2) is 43.2 Å². The standard InChI is InChI=1S/C11H15NO3/c1-12(7-8-15-2)11(14)9-3-5-10(13)6-4-9/h3-6,13H,7-8H2,1-2H3. The summed E-state index contributed by atoms with van der Waals surface area (Å²) in [6, 6.07) is 6.19. The lowest BCUT2D eigenvalue weighted by Crippen LogP contribution is -2.29. The van der Waals surface area contributed by atoms with Gasteiger partial charge in [0, 0.05) is 26.3 Å². The zero-order valence-electron chi connectivity index (χ0n) is 8.93. The van der Waals surface area contributed by atoms with E-state index >= 15 is 0 Å². The van der Waals surface area contributed by atoms with Gasteiger partial charge in [0.1, 0.15) is 5.75 Å². The maximum atomic E-state index is 11.8. The van der Waals surface area contributed by atoms with Crippen LogP contribution >= 0.6 is 0 Å². The summed E-state index contributed by atoms with van der Waals surface area (Å²) in [6.07, 6.45) is 0. The average Bonchev–Trinajstić information content (AvgIpc) is 2.26. The van der Waals surface area contributed by atoms with Crippen molar-refractivity contribution in [3.05, 3.63) is 29.8 Å². The molecule has 1 N–H and O–H groups in total. The van der Waals surface area contributed by atoms with E-state index in [-0.39, 0.29) is 11.7 Å². The zero-order chi connectivity index (χ0) is 11.3. The highest BCUT2D eigenvalue weighted by Crippen LogP contribution is 2.10. The number of carbonyl (C=O) groups excluding carboxylic acids is 1. The SMILES string of the molecule is COCCN(C)C(=O)c1ccc(O)cc1. The second-order valence-electron chi connectivity index (χ2n) is 3.27. The first-order chi connectivity index (χ1) is 7.15. The van der Waals surface area contributed by atoms with Gasteiger partial charge < -0.3 is 14.7 Å². The molecule has 0 saturated carbocycles. The molecule has 1 aromatic carbocycles. The third kappa shape index (κ3) is 3.25. The van der Waals surface area contributed by atoms with Gasteiger partial charge in [0.2, 0.25) is 0 Å². The highest BCUT2D eigenvalue weighted by molar-refractivity contribution is 5.94. The number of hydrogen-bond acceptors (Lipinski definition) is 3. The molecule has 1 amide bonds. The molecule has 15 heavy (non-hydrogen) atoms. The Balaban J connectivity index is 2.63. The maximum absolute atomic E-state index is 11.8. The number of methoxy groups -OCH3 is 1. The van der Waals surface area contributed by atoms with Gasteiger partial charge >= 0.3 is 0 Å². The minimum atomic E-state index is -0.0768. The first-order valence-corrected chi connectivity index (χ1v) is 4.68. The van der Waals surface area contributed by atoms with Crippen LogP contribution in [0.3, 0.4) is 0 Å². The van der Waals surface area contributed by atoms with E-state index in [4.69, 9.17) is 9.84 Å². The van der Waals surface area contributed by atoms with Crippen LogP contribution in [0.2, 0.25) is 0 Å². The third-order valence-electron chi connectivity index (χ3n) is 2.09. The van der Waals surface area contributed by atoms with E-state index in [9.17, 15) is 4.79 Å². The van der Waals surface area contributed by atoms with Gasteiger partial charge in [0.05, 0.1) is 6.61 Å². The van der Waals surface area contributed by atoms with Gasteiger partial charge in [0.15, 0.2) is 0 Å². The Labute approximate surface area is 89.1 Å². The van der Waals surface area contributed by atoms with E-state index in [1.807, 2.05) is 0 Å². The Kier molecular flexibility index (Phi) is 4.12. The lowest BCUT2D eigenvalue weighted by molar-refractivity contribution is 0.0744. The van der Waals surface area contributed by atoms with Crippen LogP contribution in [0.5, 0.6) is 5.75 Å². The minimum absolute atomic E-state index is 0.0768. The topological polar surface area (TPSA) is 49.8 Å². The van der Waals surface area contributed by atoms with Crippen molar-refractivity contribution >= 4 is 5.91 Å². The molecular weight excluding hydrogens is 194 g/mol. The molecule has 0 aliphatic rings. The maximum Gasteiger partial charge on any atom is 0.253 e. The van der Waals surface area contributed by atoms with Gasteiger partial charge in [-0.3, -0.25) is 4.79 Å². The van der Waals surface area contributed by atoms with Crippen molar-refractivity contribution in [2.45, 2.75) is 0 Å². The van der Waals surface area contributed by atoms with Crippen molar-refractivity contribution in [2.75, 3.05) is 27.3 Å². The minimum Gasteiger partial charge on any atom is -0.508 e. The van der Waals surface area contributed by atoms with E-state index in [1.54, 1.807) is 31.2 Å². The molecule has 0 fully saturated rings. The summed E-state index contributed by atoms with van der Waals surface area (Å²) in [6.45, 7) is 1.07. The Morgan fingerprint density at radius 1 is 1.40 bits per heavy atom. The highest BCUT2D eigenvalue weighted by Gasteiger charge is 2.10. The molecule has 0 bridgehead atoms. The Hall–Kier alpha value is -1.55. The molecule has 82 valence electrons. The van der Waals surface area contributed by atoms with E-state index < -0.39 is 0 Å². The summed E-state index contributed by atoms with van der Waals surface area (Å²) in [4.78, 5) is 13.3. The molecule has 0 heterocycles. The summed E-state index contributed by atoms with van der Waals surface area (Å²) < 4.78 is 4.88.